The van der Waals surface area contributed by atoms with Crippen molar-refractivity contribution in [2.75, 3.05) is 12.4 Å². The van der Waals surface area contributed by atoms with Crippen molar-refractivity contribution in [3.05, 3.63) is 39.8 Å². The number of methoxy groups -OCH3 is 1. The van der Waals surface area contributed by atoms with Gasteiger partial charge in [0.2, 0.25) is 0 Å². The molecule has 0 radical (unpaired) electrons. The molecule has 0 bridgehead atoms. The van der Waals surface area contributed by atoms with Gasteiger partial charge in [-0.2, -0.15) is 0 Å². The topological polar surface area (TPSA) is 34.1 Å². The molecule has 0 amide bonds. The molecule has 90 valence electrons. The summed E-state index contributed by atoms with van der Waals surface area (Å²) < 4.78 is 5.18. The van der Waals surface area contributed by atoms with E-state index in [-0.39, 0.29) is 0 Å². The molecule has 0 aliphatic carbocycles. The number of nitrogens with one attached hydrogen (secondary N) is 1. The molecular formula is C13H16N2OS. The van der Waals surface area contributed by atoms with Crippen LogP contribution in [0.2, 0.25) is 0 Å². The summed E-state index contributed by atoms with van der Waals surface area (Å²) in [7, 11) is 1.68. The largest absolute Gasteiger partial charge is 0.497 e. The number of anilines is 1. The van der Waals surface area contributed by atoms with E-state index in [1.807, 2.05) is 31.3 Å². The van der Waals surface area contributed by atoms with Crippen LogP contribution in [0.1, 0.15) is 15.4 Å². The van der Waals surface area contributed by atoms with E-state index in [2.05, 4.69) is 17.2 Å². The second-order valence-electron chi connectivity index (χ2n) is 3.88. The van der Waals surface area contributed by atoms with Gasteiger partial charge in [-0.25, -0.2) is 4.98 Å². The molecular weight excluding hydrogens is 232 g/mol. The standard InChI is InChI=1S/C13H16N2OS/c1-9-6-11(16-3)4-5-13(9)15-8-12-7-14-10(2)17-12/h4-7,15H,8H2,1-3H3. The Bertz CT molecular complexity index is 508. The Labute approximate surface area is 105 Å². The SMILES string of the molecule is COc1ccc(NCc2cnc(C)s2)c(C)c1. The highest BCUT2D eigenvalue weighted by Gasteiger charge is 2.02. The molecule has 3 nitrogen and oxygen atoms in total. The van der Waals surface area contributed by atoms with E-state index in [0.717, 1.165) is 23.0 Å². The molecule has 0 saturated heterocycles. The minimum Gasteiger partial charge on any atom is -0.497 e. The summed E-state index contributed by atoms with van der Waals surface area (Å²) in [6, 6.07) is 6.04. The fourth-order valence-corrected chi connectivity index (χ4v) is 2.37. The van der Waals surface area contributed by atoms with Gasteiger partial charge in [0.1, 0.15) is 5.75 Å². The van der Waals surface area contributed by atoms with Crippen LogP contribution in [0.25, 0.3) is 0 Å². The van der Waals surface area contributed by atoms with E-state index in [4.69, 9.17) is 4.74 Å². The van der Waals surface area contributed by atoms with E-state index in [1.54, 1.807) is 18.4 Å². The highest BCUT2D eigenvalue weighted by Crippen LogP contribution is 2.22. The first kappa shape index (κ1) is 11.9. The lowest BCUT2D eigenvalue weighted by molar-refractivity contribution is 0.414. The van der Waals surface area contributed by atoms with Gasteiger partial charge in [0.05, 0.1) is 18.7 Å². The van der Waals surface area contributed by atoms with Crippen LogP contribution in [0.5, 0.6) is 5.75 Å². The smallest absolute Gasteiger partial charge is 0.119 e. The van der Waals surface area contributed by atoms with Crippen molar-refractivity contribution in [3.8, 4) is 5.75 Å². The molecule has 0 saturated carbocycles. The number of hydrogen-bond acceptors (Lipinski definition) is 4. The van der Waals surface area contributed by atoms with Crippen LogP contribution in [-0.4, -0.2) is 12.1 Å². The van der Waals surface area contributed by atoms with Crippen molar-refractivity contribution >= 4 is 17.0 Å². The lowest BCUT2D eigenvalue weighted by atomic mass is 10.2. The molecule has 0 aliphatic heterocycles. The number of aromatic nitrogens is 1. The molecule has 1 aromatic heterocycles. The van der Waals surface area contributed by atoms with Crippen molar-refractivity contribution in [2.45, 2.75) is 20.4 Å². The zero-order valence-corrected chi connectivity index (χ0v) is 11.1. The fourth-order valence-electron chi connectivity index (χ4n) is 1.63. The lowest BCUT2D eigenvalue weighted by Crippen LogP contribution is -1.99. The number of nitrogens with zero attached hydrogens (tertiary/aromatic N) is 1. The molecule has 4 heteroatoms. The molecule has 0 spiro atoms. The highest BCUT2D eigenvalue weighted by atomic mass is 32.1. The fraction of sp³-hybridized carbons (Fsp3) is 0.308. The summed E-state index contributed by atoms with van der Waals surface area (Å²) in [6.45, 7) is 4.91. The summed E-state index contributed by atoms with van der Waals surface area (Å²) in [5.74, 6) is 0.890. The van der Waals surface area contributed by atoms with Gasteiger partial charge in [0.15, 0.2) is 0 Å². The summed E-state index contributed by atoms with van der Waals surface area (Å²) in [4.78, 5) is 5.49. The number of benzene rings is 1. The number of ether oxygens (including phenoxy) is 1. The Balaban J connectivity index is 2.04. The first-order chi connectivity index (χ1) is 8.19. The maximum absolute atomic E-state index is 5.18. The van der Waals surface area contributed by atoms with Crippen LogP contribution in [-0.2, 0) is 6.54 Å². The van der Waals surface area contributed by atoms with Gasteiger partial charge < -0.3 is 10.1 Å². The Hall–Kier alpha value is -1.55. The Kier molecular flexibility index (Phi) is 3.64. The normalized spacial score (nSPS) is 10.3. The maximum Gasteiger partial charge on any atom is 0.119 e. The molecule has 0 aliphatic rings. The monoisotopic (exact) mass is 248 g/mol. The van der Waals surface area contributed by atoms with Crippen molar-refractivity contribution in [3.63, 3.8) is 0 Å². The van der Waals surface area contributed by atoms with E-state index >= 15 is 0 Å². The van der Waals surface area contributed by atoms with E-state index in [1.165, 1.54) is 10.4 Å². The van der Waals surface area contributed by atoms with Crippen LogP contribution < -0.4 is 10.1 Å². The quantitative estimate of drug-likeness (QED) is 0.900. The van der Waals surface area contributed by atoms with E-state index in [0.29, 0.717) is 0 Å². The summed E-state index contributed by atoms with van der Waals surface area (Å²) in [5, 5.41) is 4.51. The summed E-state index contributed by atoms with van der Waals surface area (Å²) in [5.41, 5.74) is 2.32. The highest BCUT2D eigenvalue weighted by molar-refractivity contribution is 7.11. The average molecular weight is 248 g/mol. The lowest BCUT2D eigenvalue weighted by Gasteiger charge is -2.09. The predicted octanol–water partition coefficient (Wildman–Crippen LogP) is 3.38. The van der Waals surface area contributed by atoms with Crippen LogP contribution in [0.15, 0.2) is 24.4 Å². The third kappa shape index (κ3) is 2.97. The van der Waals surface area contributed by atoms with Gasteiger partial charge in [0.25, 0.3) is 0 Å². The Morgan fingerprint density at radius 1 is 1.35 bits per heavy atom. The summed E-state index contributed by atoms with van der Waals surface area (Å²) in [6.07, 6.45) is 1.92. The van der Waals surface area contributed by atoms with Crippen LogP contribution >= 0.6 is 11.3 Å². The zero-order chi connectivity index (χ0) is 12.3. The Morgan fingerprint density at radius 2 is 2.18 bits per heavy atom. The Morgan fingerprint density at radius 3 is 2.76 bits per heavy atom. The van der Waals surface area contributed by atoms with Gasteiger partial charge in [-0.3, -0.25) is 0 Å². The maximum atomic E-state index is 5.18. The number of hydrogen-bond donors (Lipinski definition) is 1. The number of rotatable bonds is 4. The number of thiazole rings is 1. The number of aryl methyl sites for hydroxylation is 2. The first-order valence-electron chi connectivity index (χ1n) is 5.49. The minimum absolute atomic E-state index is 0.818. The van der Waals surface area contributed by atoms with Crippen LogP contribution in [0.3, 0.4) is 0 Å². The van der Waals surface area contributed by atoms with E-state index < -0.39 is 0 Å². The second kappa shape index (κ2) is 5.19. The molecule has 1 aromatic carbocycles. The van der Waals surface area contributed by atoms with Crippen molar-refractivity contribution in [1.82, 2.24) is 4.98 Å². The van der Waals surface area contributed by atoms with Crippen molar-refractivity contribution in [2.24, 2.45) is 0 Å². The third-order valence-corrected chi connectivity index (χ3v) is 3.47. The van der Waals surface area contributed by atoms with Gasteiger partial charge in [0, 0.05) is 16.8 Å². The molecule has 2 rings (SSSR count). The van der Waals surface area contributed by atoms with Gasteiger partial charge in [-0.05, 0) is 37.6 Å². The molecule has 0 fully saturated rings. The summed E-state index contributed by atoms with van der Waals surface area (Å²) >= 11 is 1.72. The van der Waals surface area contributed by atoms with Gasteiger partial charge >= 0.3 is 0 Å². The molecule has 0 unspecified atom stereocenters. The van der Waals surface area contributed by atoms with Crippen molar-refractivity contribution < 1.29 is 4.74 Å². The first-order valence-corrected chi connectivity index (χ1v) is 6.30. The molecule has 1 heterocycles. The van der Waals surface area contributed by atoms with Crippen LogP contribution in [0.4, 0.5) is 5.69 Å². The molecule has 1 N–H and O–H groups in total. The van der Waals surface area contributed by atoms with Gasteiger partial charge in [-0.1, -0.05) is 0 Å². The zero-order valence-electron chi connectivity index (χ0n) is 10.3. The predicted molar refractivity (Wildman–Crippen MR) is 71.9 cm³/mol. The minimum atomic E-state index is 0.818. The molecule has 17 heavy (non-hydrogen) atoms. The molecule has 2 aromatic rings. The molecule has 0 atom stereocenters. The van der Waals surface area contributed by atoms with E-state index in [9.17, 15) is 0 Å². The third-order valence-electron chi connectivity index (χ3n) is 2.56. The van der Waals surface area contributed by atoms with Crippen molar-refractivity contribution in [1.29, 1.82) is 0 Å². The van der Waals surface area contributed by atoms with Crippen LogP contribution in [0, 0.1) is 13.8 Å². The average Bonchev–Trinajstić information content (AvgIpc) is 2.73. The second-order valence-corrected chi connectivity index (χ2v) is 5.20. The van der Waals surface area contributed by atoms with Gasteiger partial charge in [-0.15, -0.1) is 11.3 Å².